The number of rotatable bonds is 4. The summed E-state index contributed by atoms with van der Waals surface area (Å²) in [4.78, 5) is 2.31. The van der Waals surface area contributed by atoms with E-state index in [-0.39, 0.29) is 43.6 Å². The minimum absolute atomic E-state index is 0. The summed E-state index contributed by atoms with van der Waals surface area (Å²) in [6.45, 7) is 5.04. The molecule has 0 saturated carbocycles. The van der Waals surface area contributed by atoms with Gasteiger partial charge in [0.15, 0.2) is 6.29 Å². The van der Waals surface area contributed by atoms with Crippen molar-refractivity contribution in [1.82, 2.24) is 4.90 Å². The maximum absolute atomic E-state index is 5.45. The third kappa shape index (κ3) is 2.50. The van der Waals surface area contributed by atoms with E-state index in [1.54, 1.807) is 0 Å². The van der Waals surface area contributed by atoms with Crippen molar-refractivity contribution in [3.63, 3.8) is 0 Å². The first-order chi connectivity index (χ1) is 7.31. The number of nitrogens with zero attached hydrogens (tertiary/aromatic N) is 1. The van der Waals surface area contributed by atoms with Crippen molar-refractivity contribution in [1.29, 1.82) is 0 Å². The van der Waals surface area contributed by atoms with Crippen molar-refractivity contribution in [3.8, 4) is 0 Å². The number of fused-ring (bicyclic) bond motifs is 1. The number of aliphatic hydroxyl groups is 2. The summed E-state index contributed by atoms with van der Waals surface area (Å²) in [7, 11) is 0. The topological polar surface area (TPSA) is 37.8 Å². The third-order valence-corrected chi connectivity index (χ3v) is 3.34. The molecule has 3 heterocycles. The van der Waals surface area contributed by atoms with Crippen LogP contribution in [0.15, 0.2) is 0 Å². The normalized spacial score (nSPS) is 42.4. The molecule has 0 aliphatic carbocycles. The van der Waals surface area contributed by atoms with Crippen molar-refractivity contribution >= 4 is 0 Å². The van der Waals surface area contributed by atoms with Gasteiger partial charge >= 0.3 is 0 Å². The third-order valence-electron chi connectivity index (χ3n) is 3.34. The molecule has 3 fully saturated rings. The van der Waals surface area contributed by atoms with Gasteiger partial charge in [0.25, 0.3) is 6.23 Å². The molecule has 4 atom stereocenters. The molecule has 0 aromatic rings. The van der Waals surface area contributed by atoms with Crippen LogP contribution in [0.25, 0.3) is 0 Å². The predicted molar refractivity (Wildman–Crippen MR) is 54.7 cm³/mol. The minimum atomic E-state index is 0. The number of epoxide rings is 2. The summed E-state index contributed by atoms with van der Waals surface area (Å²) in [5.74, 6) is 0. The number of morpholine rings is 1. The van der Waals surface area contributed by atoms with Gasteiger partial charge in [-0.15, -0.1) is 0 Å². The van der Waals surface area contributed by atoms with E-state index in [9.17, 15) is 0 Å². The largest absolute Gasteiger partial charge is 0.406 e. The monoisotopic (exact) mass is 451 g/mol. The van der Waals surface area contributed by atoms with Crippen LogP contribution in [-0.2, 0) is 9.47 Å². The molecule has 0 amide bonds. The fraction of sp³-hybridized carbons (Fsp3) is 0.909. The van der Waals surface area contributed by atoms with Crippen LogP contribution in [0, 0.1) is 37.2 Å². The van der Waals surface area contributed by atoms with Crippen LogP contribution in [0.3, 0.4) is 0 Å². The van der Waals surface area contributed by atoms with Crippen molar-refractivity contribution < 1.29 is 45.3 Å². The van der Waals surface area contributed by atoms with Crippen molar-refractivity contribution in [2.45, 2.75) is 58.0 Å². The Morgan fingerprint density at radius 1 is 1.50 bits per heavy atom. The summed E-state index contributed by atoms with van der Waals surface area (Å²) in [5, 5.41) is 0. The van der Waals surface area contributed by atoms with Crippen molar-refractivity contribution in [2.75, 3.05) is 6.61 Å². The van der Waals surface area contributed by atoms with Gasteiger partial charge in [-0.25, -0.2) is 6.04 Å². The smallest absolute Gasteiger partial charge is 0.263 e. The van der Waals surface area contributed by atoms with Crippen LogP contribution >= 0.6 is 0 Å². The van der Waals surface area contributed by atoms with Gasteiger partial charge < -0.3 is 19.1 Å². The standard InChI is InChI=1S/C11H18NO3.U/c1-3-4-5-8-9(14-8)12-7(2)6-13-11-10(12)15-11;/h8-11H,3-6H2,1-2H3;/q-1;/p+1/t8?,9?,10?,11-;/m1./s1. The van der Waals surface area contributed by atoms with E-state index < -0.39 is 0 Å². The number of hydrogen-bond acceptors (Lipinski definition) is 3. The fourth-order valence-electron chi connectivity index (χ4n) is 2.32. The van der Waals surface area contributed by atoms with Crippen molar-refractivity contribution in [2.24, 2.45) is 0 Å². The average Bonchev–Trinajstić information content (AvgIpc) is 3.09. The molecule has 3 unspecified atom stereocenters. The molecule has 3 saturated heterocycles. The Labute approximate surface area is 120 Å². The molecule has 0 aromatic carbocycles. The molecule has 0 radical (unpaired) electrons. The summed E-state index contributed by atoms with van der Waals surface area (Å²) in [6, 6.07) is 1.27. The molecule has 3 aliphatic rings. The van der Waals surface area contributed by atoms with E-state index >= 15 is 0 Å². The van der Waals surface area contributed by atoms with Crippen LogP contribution in [0.2, 0.25) is 0 Å². The zero-order valence-corrected chi connectivity index (χ0v) is 14.0. The molecule has 0 aromatic heterocycles. The van der Waals surface area contributed by atoms with Gasteiger partial charge in [0.1, 0.15) is 6.23 Å². The second-order valence-corrected chi connectivity index (χ2v) is 4.62. The molecule has 5 heteroatoms. The van der Waals surface area contributed by atoms with Gasteiger partial charge in [0.2, 0.25) is 6.10 Å². The molecule has 90 valence electrons. The van der Waals surface area contributed by atoms with Crippen LogP contribution in [0.5, 0.6) is 0 Å². The van der Waals surface area contributed by atoms with E-state index in [0.29, 0.717) is 18.9 Å². The first-order valence-electron chi connectivity index (χ1n) is 5.89. The van der Waals surface area contributed by atoms with Crippen molar-refractivity contribution in [3.05, 3.63) is 6.04 Å². The molecule has 0 spiro atoms. The van der Waals surface area contributed by atoms with Crippen LogP contribution < -0.4 is 0 Å². The first-order valence-corrected chi connectivity index (χ1v) is 5.89. The van der Waals surface area contributed by atoms with E-state index in [4.69, 9.17) is 9.47 Å². The Kier molecular flexibility index (Phi) is 4.38. The van der Waals surface area contributed by atoms with Gasteiger partial charge in [0, 0.05) is 37.5 Å². The van der Waals surface area contributed by atoms with E-state index in [1.165, 1.54) is 25.3 Å². The molecule has 3 rings (SSSR count). The Hall–Kier alpha value is 0.892. The van der Waals surface area contributed by atoms with Gasteiger partial charge in [-0.1, -0.05) is 20.0 Å². The Bertz CT molecular complexity index is 251. The van der Waals surface area contributed by atoms with Crippen LogP contribution in [0.1, 0.15) is 33.1 Å². The second-order valence-electron chi connectivity index (χ2n) is 4.62. The summed E-state index contributed by atoms with van der Waals surface area (Å²) >= 11 is 0. The minimum Gasteiger partial charge on any atom is -0.406 e. The molecular weight excluding hydrogens is 432 g/mol. The number of ether oxygens (including phenoxy) is 3. The average molecular weight is 451 g/mol. The summed E-state index contributed by atoms with van der Waals surface area (Å²) in [6.07, 6.45) is 4.88. The zero-order valence-electron chi connectivity index (χ0n) is 9.85. The second kappa shape index (κ2) is 5.26. The Morgan fingerprint density at radius 2 is 2.31 bits per heavy atom. The molecule has 4 nitrogen and oxygen atoms in total. The zero-order chi connectivity index (χ0) is 10.4. The van der Waals surface area contributed by atoms with E-state index in [0.717, 1.165) is 0 Å². The maximum Gasteiger partial charge on any atom is 0.263 e. The van der Waals surface area contributed by atoms with Gasteiger partial charge in [-0.05, 0) is 6.42 Å². The molecule has 3 aliphatic heterocycles. The van der Waals surface area contributed by atoms with Crippen LogP contribution in [0.4, 0.5) is 0 Å². The first kappa shape index (κ1) is 13.3. The van der Waals surface area contributed by atoms with Gasteiger partial charge in [0.05, 0.1) is 0 Å². The summed E-state index contributed by atoms with van der Waals surface area (Å²) in [5.41, 5.74) is 0. The van der Waals surface area contributed by atoms with E-state index in [1.807, 2.05) is 0 Å². The van der Waals surface area contributed by atoms with E-state index in [2.05, 4.69) is 23.5 Å². The predicted octanol–water partition coefficient (Wildman–Crippen LogP) is 0.979. The van der Waals surface area contributed by atoms with Gasteiger partial charge in [-0.2, -0.15) is 6.92 Å². The number of unbranched alkanes of at least 4 members (excludes halogenated alkanes) is 1. The maximum atomic E-state index is 5.45. The quantitative estimate of drug-likeness (QED) is 0.364. The molecule has 1 N–H and O–H groups in total. The Balaban J connectivity index is 0.000000963. The Morgan fingerprint density at radius 3 is 3.06 bits per heavy atom. The SMILES string of the molecule is CCCCC1[OH+]C1N1[C-](C)CO[C@@H]2OC21.[U]. The fourth-order valence-corrected chi connectivity index (χ4v) is 2.32. The van der Waals surface area contributed by atoms with Crippen LogP contribution in [-0.4, -0.2) is 41.1 Å². The summed E-state index contributed by atoms with van der Waals surface area (Å²) < 4.78 is 15.5. The van der Waals surface area contributed by atoms with Gasteiger partial charge in [-0.3, -0.25) is 0 Å². The molecular formula is C11H19NO3U. The number of hydrogen-bond donors (Lipinski definition) is 0. The molecule has 16 heavy (non-hydrogen) atoms. The molecule has 0 bridgehead atoms.